The zero-order valence-electron chi connectivity index (χ0n) is 7.54. The Balaban J connectivity index is 3.35. The second kappa shape index (κ2) is 6.38. The van der Waals surface area contributed by atoms with Crippen LogP contribution in [0.3, 0.4) is 0 Å². The number of aliphatic hydroxyl groups is 1. The summed E-state index contributed by atoms with van der Waals surface area (Å²) in [5, 5.41) is 14.1. The highest BCUT2D eigenvalue weighted by atomic mass is 16.3. The van der Waals surface area contributed by atoms with Crippen molar-refractivity contribution in [3.05, 3.63) is 0 Å². The highest BCUT2D eigenvalue weighted by molar-refractivity contribution is 5.78. The number of nitrogens with one attached hydrogen (secondary N) is 2. The molecule has 0 fully saturated rings. The van der Waals surface area contributed by atoms with Gasteiger partial charge in [-0.2, -0.15) is 0 Å². The fraction of sp³-hybridized carbons (Fsp3) is 0.714. The molecule has 6 nitrogen and oxygen atoms in total. The van der Waals surface area contributed by atoms with Crippen molar-refractivity contribution >= 4 is 11.8 Å². The summed E-state index contributed by atoms with van der Waals surface area (Å²) in [6.45, 7) is 0.482. The van der Waals surface area contributed by atoms with E-state index in [1.165, 1.54) is 0 Å². The van der Waals surface area contributed by atoms with E-state index in [1.54, 1.807) is 7.05 Å². The zero-order chi connectivity index (χ0) is 10.3. The van der Waals surface area contributed by atoms with E-state index in [9.17, 15) is 9.59 Å². The summed E-state index contributed by atoms with van der Waals surface area (Å²) in [6, 6.07) is 0. The molecule has 0 saturated heterocycles. The maximum Gasteiger partial charge on any atom is 0.247 e. The van der Waals surface area contributed by atoms with Crippen molar-refractivity contribution in [1.82, 2.24) is 10.6 Å². The number of rotatable bonds is 6. The summed E-state index contributed by atoms with van der Waals surface area (Å²) in [4.78, 5) is 21.0. The van der Waals surface area contributed by atoms with Gasteiger partial charge in [-0.3, -0.25) is 9.59 Å². The van der Waals surface area contributed by atoms with E-state index in [0.717, 1.165) is 0 Å². The third-order valence-electron chi connectivity index (χ3n) is 1.47. The SMILES string of the molecule is CNC(=O)CCNCC(O)C(N)=O. The van der Waals surface area contributed by atoms with Crippen LogP contribution in [-0.2, 0) is 9.59 Å². The van der Waals surface area contributed by atoms with Crippen molar-refractivity contribution in [1.29, 1.82) is 0 Å². The fourth-order valence-electron chi connectivity index (χ4n) is 0.666. The number of hydrogen-bond donors (Lipinski definition) is 4. The van der Waals surface area contributed by atoms with Gasteiger partial charge in [0.2, 0.25) is 11.8 Å². The van der Waals surface area contributed by atoms with Crippen LogP contribution in [0.15, 0.2) is 0 Å². The van der Waals surface area contributed by atoms with E-state index in [-0.39, 0.29) is 12.5 Å². The first kappa shape index (κ1) is 11.9. The Morgan fingerprint density at radius 3 is 2.62 bits per heavy atom. The lowest BCUT2D eigenvalue weighted by molar-refractivity contribution is -0.125. The van der Waals surface area contributed by atoms with E-state index in [1.807, 2.05) is 0 Å². The van der Waals surface area contributed by atoms with E-state index < -0.39 is 12.0 Å². The minimum atomic E-state index is -1.19. The average molecular weight is 189 g/mol. The summed E-state index contributed by atoms with van der Waals surface area (Å²) < 4.78 is 0. The third-order valence-corrected chi connectivity index (χ3v) is 1.47. The third kappa shape index (κ3) is 6.06. The van der Waals surface area contributed by atoms with Crippen molar-refractivity contribution in [2.24, 2.45) is 5.73 Å². The Kier molecular flexibility index (Phi) is 5.82. The second-order valence-electron chi connectivity index (χ2n) is 2.55. The molecule has 0 aliphatic rings. The van der Waals surface area contributed by atoms with Crippen LogP contribution in [0, 0.1) is 0 Å². The molecule has 0 heterocycles. The highest BCUT2D eigenvalue weighted by Gasteiger charge is 2.09. The van der Waals surface area contributed by atoms with Crippen molar-refractivity contribution in [3.63, 3.8) is 0 Å². The van der Waals surface area contributed by atoms with Crippen LogP contribution in [0.25, 0.3) is 0 Å². The molecule has 1 unspecified atom stereocenters. The molecule has 6 heteroatoms. The molecule has 0 aliphatic heterocycles. The summed E-state index contributed by atoms with van der Waals surface area (Å²) in [6.07, 6.45) is -0.883. The van der Waals surface area contributed by atoms with Gasteiger partial charge in [0, 0.05) is 26.6 Å². The van der Waals surface area contributed by atoms with Gasteiger partial charge < -0.3 is 21.5 Å². The van der Waals surface area contributed by atoms with Gasteiger partial charge in [-0.15, -0.1) is 0 Å². The van der Waals surface area contributed by atoms with Crippen molar-refractivity contribution in [2.45, 2.75) is 12.5 Å². The molecule has 0 saturated carbocycles. The maximum absolute atomic E-state index is 10.7. The quantitative estimate of drug-likeness (QED) is 0.348. The average Bonchev–Trinajstić information content (AvgIpc) is 2.11. The van der Waals surface area contributed by atoms with Crippen LogP contribution in [0.4, 0.5) is 0 Å². The molecule has 0 bridgehead atoms. The molecule has 0 spiro atoms. The topological polar surface area (TPSA) is 104 Å². The van der Waals surface area contributed by atoms with Gasteiger partial charge in [-0.05, 0) is 0 Å². The number of aliphatic hydroxyl groups excluding tert-OH is 1. The minimum absolute atomic E-state index is 0.0757. The van der Waals surface area contributed by atoms with Crippen molar-refractivity contribution in [3.8, 4) is 0 Å². The molecule has 0 aliphatic carbocycles. The van der Waals surface area contributed by atoms with Crippen LogP contribution >= 0.6 is 0 Å². The molecule has 76 valence electrons. The summed E-state index contributed by atoms with van der Waals surface area (Å²) >= 11 is 0. The second-order valence-corrected chi connectivity index (χ2v) is 2.55. The largest absolute Gasteiger partial charge is 0.382 e. The summed E-state index contributed by atoms with van der Waals surface area (Å²) in [7, 11) is 1.54. The zero-order valence-corrected chi connectivity index (χ0v) is 7.54. The fourth-order valence-corrected chi connectivity index (χ4v) is 0.666. The lowest BCUT2D eigenvalue weighted by Crippen LogP contribution is -2.38. The van der Waals surface area contributed by atoms with E-state index >= 15 is 0 Å². The molecular formula is C7H15N3O3. The first-order chi connectivity index (χ1) is 6.07. The predicted molar refractivity (Wildman–Crippen MR) is 46.8 cm³/mol. The van der Waals surface area contributed by atoms with Gasteiger partial charge in [-0.25, -0.2) is 0 Å². The first-order valence-corrected chi connectivity index (χ1v) is 3.96. The predicted octanol–water partition coefficient (Wildman–Crippen LogP) is -2.44. The Labute approximate surface area is 76.5 Å². The number of carbonyl (C=O) groups excluding carboxylic acids is 2. The summed E-state index contributed by atoms with van der Waals surface area (Å²) in [5.41, 5.74) is 4.80. The Morgan fingerprint density at radius 1 is 1.54 bits per heavy atom. The number of nitrogens with two attached hydrogens (primary N) is 1. The Hall–Kier alpha value is -1.14. The van der Waals surface area contributed by atoms with Crippen molar-refractivity contribution in [2.75, 3.05) is 20.1 Å². The molecule has 0 radical (unpaired) electrons. The maximum atomic E-state index is 10.7. The van der Waals surface area contributed by atoms with Crippen LogP contribution in [0.1, 0.15) is 6.42 Å². The molecule has 13 heavy (non-hydrogen) atoms. The molecule has 0 rings (SSSR count). The van der Waals surface area contributed by atoms with Gasteiger partial charge in [0.05, 0.1) is 0 Å². The van der Waals surface area contributed by atoms with Crippen LogP contribution in [0.2, 0.25) is 0 Å². The van der Waals surface area contributed by atoms with Crippen molar-refractivity contribution < 1.29 is 14.7 Å². The van der Waals surface area contributed by atoms with Gasteiger partial charge >= 0.3 is 0 Å². The minimum Gasteiger partial charge on any atom is -0.382 e. The monoisotopic (exact) mass is 189 g/mol. The van der Waals surface area contributed by atoms with Crippen LogP contribution < -0.4 is 16.4 Å². The van der Waals surface area contributed by atoms with Gasteiger partial charge in [0.15, 0.2) is 0 Å². The number of hydrogen-bond acceptors (Lipinski definition) is 4. The number of amides is 2. The van der Waals surface area contributed by atoms with Gasteiger partial charge in [0.25, 0.3) is 0 Å². The Morgan fingerprint density at radius 2 is 2.15 bits per heavy atom. The highest BCUT2D eigenvalue weighted by Crippen LogP contribution is 1.79. The van der Waals surface area contributed by atoms with E-state index in [0.29, 0.717) is 13.0 Å². The normalized spacial score (nSPS) is 12.2. The van der Waals surface area contributed by atoms with Gasteiger partial charge in [0.1, 0.15) is 6.10 Å². The Bertz CT molecular complexity index is 184. The molecule has 2 amide bonds. The molecule has 1 atom stereocenters. The van der Waals surface area contributed by atoms with Crippen LogP contribution in [-0.4, -0.2) is 43.2 Å². The number of carbonyl (C=O) groups is 2. The molecule has 0 aromatic heterocycles. The van der Waals surface area contributed by atoms with Crippen LogP contribution in [0.5, 0.6) is 0 Å². The molecule has 0 aromatic carbocycles. The molecular weight excluding hydrogens is 174 g/mol. The lowest BCUT2D eigenvalue weighted by atomic mass is 10.3. The molecule has 5 N–H and O–H groups in total. The van der Waals surface area contributed by atoms with Gasteiger partial charge in [-0.1, -0.05) is 0 Å². The summed E-state index contributed by atoms with van der Waals surface area (Å²) in [5.74, 6) is -0.867. The number of primary amides is 1. The van der Waals surface area contributed by atoms with E-state index in [4.69, 9.17) is 10.8 Å². The van der Waals surface area contributed by atoms with E-state index in [2.05, 4.69) is 10.6 Å². The lowest BCUT2D eigenvalue weighted by Gasteiger charge is -2.07. The molecule has 0 aromatic rings. The first-order valence-electron chi connectivity index (χ1n) is 3.96. The standard InChI is InChI=1S/C7H15N3O3/c1-9-6(12)2-3-10-4-5(11)7(8)13/h5,10-11H,2-4H2,1H3,(H2,8,13)(H,9,12). The smallest absolute Gasteiger partial charge is 0.247 e.